The number of aliphatic imine (C=N–C) groups is 1. The van der Waals surface area contributed by atoms with Crippen molar-refractivity contribution in [2.24, 2.45) is 10.9 Å². The highest BCUT2D eigenvalue weighted by Crippen LogP contribution is 2.40. The van der Waals surface area contributed by atoms with Crippen LogP contribution in [0.3, 0.4) is 0 Å². The molecule has 0 amide bonds. The van der Waals surface area contributed by atoms with Crippen LogP contribution in [-0.2, 0) is 6.54 Å². The molecule has 0 bridgehead atoms. The maximum Gasteiger partial charge on any atom is 0.0633 e. The topological polar surface area (TPSA) is 20.5 Å². The fourth-order valence-electron chi connectivity index (χ4n) is 7.54. The van der Waals surface area contributed by atoms with Crippen LogP contribution in [0.25, 0.3) is 43.8 Å². The number of benzene rings is 4. The van der Waals surface area contributed by atoms with Gasteiger partial charge in [0.2, 0.25) is 0 Å². The summed E-state index contributed by atoms with van der Waals surface area (Å²) in [5.41, 5.74) is 10.0. The Kier molecular flexibility index (Phi) is 10.8. The van der Waals surface area contributed by atoms with Crippen LogP contribution in [0, 0.1) is 5.92 Å². The molecule has 2 unspecified atom stereocenters. The van der Waals surface area contributed by atoms with E-state index in [1.165, 1.54) is 67.8 Å². The molecule has 3 heteroatoms. The number of fused-ring (bicyclic) bond motifs is 5. The van der Waals surface area contributed by atoms with Gasteiger partial charge in [0.25, 0.3) is 0 Å². The summed E-state index contributed by atoms with van der Waals surface area (Å²) in [5, 5.41) is 5.12. The van der Waals surface area contributed by atoms with E-state index in [-0.39, 0.29) is 0 Å². The Morgan fingerprint density at radius 1 is 0.980 bits per heavy atom. The monoisotopic (exact) mass is 645 g/mol. The fourth-order valence-corrected chi connectivity index (χ4v) is 7.54. The molecule has 0 fully saturated rings. The molecular formula is C46H51N3. The average molecular weight is 646 g/mol. The van der Waals surface area contributed by atoms with Crippen LogP contribution >= 0.6 is 0 Å². The quantitative estimate of drug-likeness (QED) is 0.0509. The summed E-state index contributed by atoms with van der Waals surface area (Å²) in [7, 11) is 0. The minimum absolute atomic E-state index is 0.297. The van der Waals surface area contributed by atoms with Crippen molar-refractivity contribution in [1.82, 2.24) is 9.47 Å². The number of allylic oxidation sites excluding steroid dienone is 5. The Morgan fingerprint density at radius 2 is 1.82 bits per heavy atom. The van der Waals surface area contributed by atoms with Gasteiger partial charge in [0, 0.05) is 28.7 Å². The Labute approximate surface area is 293 Å². The van der Waals surface area contributed by atoms with Crippen molar-refractivity contribution in [3.05, 3.63) is 144 Å². The van der Waals surface area contributed by atoms with Crippen molar-refractivity contribution < 1.29 is 0 Å². The lowest BCUT2D eigenvalue weighted by atomic mass is 9.82. The maximum atomic E-state index is 4.19. The summed E-state index contributed by atoms with van der Waals surface area (Å²) in [6.07, 6.45) is 19.6. The molecule has 49 heavy (non-hydrogen) atoms. The van der Waals surface area contributed by atoms with E-state index in [2.05, 4.69) is 165 Å². The highest BCUT2D eigenvalue weighted by atomic mass is 15.2. The third-order valence-electron chi connectivity index (χ3n) is 10.3. The molecule has 0 N–H and O–H groups in total. The Bertz CT molecular complexity index is 2100. The molecule has 0 saturated heterocycles. The van der Waals surface area contributed by atoms with Crippen LogP contribution in [0.15, 0.2) is 138 Å². The van der Waals surface area contributed by atoms with Crippen LogP contribution in [-0.4, -0.2) is 28.8 Å². The summed E-state index contributed by atoms with van der Waals surface area (Å²) in [6.45, 7) is 18.5. The van der Waals surface area contributed by atoms with Gasteiger partial charge in [-0.1, -0.05) is 119 Å². The zero-order valence-electron chi connectivity index (χ0n) is 29.8. The average Bonchev–Trinajstić information content (AvgIpc) is 3.48. The molecule has 1 aliphatic carbocycles. The number of rotatable bonds is 14. The van der Waals surface area contributed by atoms with Crippen molar-refractivity contribution in [2.45, 2.75) is 72.4 Å². The van der Waals surface area contributed by atoms with E-state index < -0.39 is 0 Å². The molecule has 1 aliphatic rings. The predicted molar refractivity (Wildman–Crippen MR) is 215 cm³/mol. The number of hydrogen-bond acceptors (Lipinski definition) is 2. The molecule has 0 spiro atoms. The Balaban J connectivity index is 1.47. The van der Waals surface area contributed by atoms with Crippen molar-refractivity contribution in [3.63, 3.8) is 0 Å². The number of aromatic nitrogens is 1. The van der Waals surface area contributed by atoms with Crippen LogP contribution in [0.2, 0.25) is 0 Å². The van der Waals surface area contributed by atoms with Gasteiger partial charge < -0.3 is 9.47 Å². The van der Waals surface area contributed by atoms with Gasteiger partial charge in [0.1, 0.15) is 0 Å². The van der Waals surface area contributed by atoms with Gasteiger partial charge in [0.15, 0.2) is 0 Å². The minimum Gasteiger partial charge on any atom is -0.361 e. The molecule has 3 nitrogen and oxygen atoms in total. The van der Waals surface area contributed by atoms with Gasteiger partial charge in [-0.05, 0) is 108 Å². The first-order valence-corrected chi connectivity index (χ1v) is 18.1. The second-order valence-electron chi connectivity index (χ2n) is 13.3. The van der Waals surface area contributed by atoms with E-state index in [4.69, 9.17) is 0 Å². The predicted octanol–water partition coefficient (Wildman–Crippen LogP) is 12.4. The Morgan fingerprint density at radius 3 is 2.59 bits per heavy atom. The molecule has 1 aromatic heterocycles. The highest BCUT2D eigenvalue weighted by molar-refractivity contribution is 6.21. The lowest BCUT2D eigenvalue weighted by molar-refractivity contribution is 0.299. The van der Waals surface area contributed by atoms with Gasteiger partial charge in [-0.2, -0.15) is 0 Å². The Hall–Kier alpha value is -4.89. The van der Waals surface area contributed by atoms with Crippen molar-refractivity contribution in [2.75, 3.05) is 6.54 Å². The van der Waals surface area contributed by atoms with Gasteiger partial charge >= 0.3 is 0 Å². The molecule has 4 aromatic carbocycles. The fraction of sp³-hybridized carbons (Fsp3) is 0.283. The summed E-state index contributed by atoms with van der Waals surface area (Å²) >= 11 is 0. The molecule has 6 rings (SSSR count). The maximum absolute atomic E-state index is 4.19. The summed E-state index contributed by atoms with van der Waals surface area (Å²) in [6, 6.07) is 29.4. The van der Waals surface area contributed by atoms with E-state index in [0.717, 1.165) is 37.1 Å². The first-order chi connectivity index (χ1) is 24.0. The summed E-state index contributed by atoms with van der Waals surface area (Å²) in [5.74, 6) is 0.468. The number of unbranched alkanes of at least 4 members (excludes halogenated alkanes) is 2. The molecule has 250 valence electrons. The highest BCUT2D eigenvalue weighted by Gasteiger charge is 2.28. The lowest BCUT2D eigenvalue weighted by Crippen LogP contribution is -2.38. The van der Waals surface area contributed by atoms with Gasteiger partial charge in [-0.3, -0.25) is 4.99 Å². The van der Waals surface area contributed by atoms with Gasteiger partial charge in [-0.25, -0.2) is 0 Å². The summed E-state index contributed by atoms with van der Waals surface area (Å²) < 4.78 is 2.42. The zero-order valence-corrected chi connectivity index (χ0v) is 29.8. The van der Waals surface area contributed by atoms with Crippen molar-refractivity contribution in [1.29, 1.82) is 0 Å². The molecule has 2 atom stereocenters. The molecule has 5 aromatic rings. The zero-order chi connectivity index (χ0) is 34.3. The van der Waals surface area contributed by atoms with Crippen LogP contribution < -0.4 is 0 Å². The molecule has 0 aliphatic heterocycles. The molecule has 0 saturated carbocycles. The molecule has 1 heterocycles. The third-order valence-corrected chi connectivity index (χ3v) is 10.3. The van der Waals surface area contributed by atoms with E-state index in [1.807, 2.05) is 6.08 Å². The minimum atomic E-state index is 0.297. The first kappa shape index (κ1) is 34.0. The van der Waals surface area contributed by atoms with E-state index >= 15 is 0 Å². The van der Waals surface area contributed by atoms with Gasteiger partial charge in [0.05, 0.1) is 23.6 Å². The summed E-state index contributed by atoms with van der Waals surface area (Å²) in [4.78, 5) is 6.71. The van der Waals surface area contributed by atoms with E-state index in [9.17, 15) is 0 Å². The second-order valence-corrected chi connectivity index (χ2v) is 13.3. The van der Waals surface area contributed by atoms with Crippen LogP contribution in [0.1, 0.15) is 70.9 Å². The molecule has 0 radical (unpaired) electrons. The van der Waals surface area contributed by atoms with Crippen LogP contribution in [0.5, 0.6) is 0 Å². The van der Waals surface area contributed by atoms with Crippen LogP contribution in [0.4, 0.5) is 0 Å². The third kappa shape index (κ3) is 6.85. The normalized spacial score (nSPS) is 15.9. The van der Waals surface area contributed by atoms with Crippen molar-refractivity contribution in [3.8, 4) is 5.69 Å². The second kappa shape index (κ2) is 15.6. The smallest absolute Gasteiger partial charge is 0.0633 e. The SMILES string of the molecule is C=C/C(=C\C)N(C/C=C\CCCC)C1CC=C(c2ccc3c(c2)c2c4ccccc4ccc2n3-c2cccc(CN=C)c2)C=C1C(C)CC. The standard InChI is InChI=1S/C46H51N3/c1-7-11-12-13-16-28-48(38(9-3)10-4)43-25-23-36(30-41(43)33(5)8-2)37-24-26-44-42(31-37)46-40-21-15-14-19-35(40)22-27-45(46)49(44)39-20-17-18-34(29-39)32-47-6/h9-10,13-24,26-27,29-31,33,43H,3,6-8,11-12,25,28,32H2,1-2,4-5H3/b16-13-,38-10+. The largest absolute Gasteiger partial charge is 0.361 e. The number of nitrogens with zero attached hydrogens (tertiary/aromatic N) is 3. The van der Waals surface area contributed by atoms with E-state index in [1.54, 1.807) is 0 Å². The van der Waals surface area contributed by atoms with Crippen molar-refractivity contribution >= 4 is 44.9 Å². The molecular weight excluding hydrogens is 595 g/mol. The van der Waals surface area contributed by atoms with E-state index in [0.29, 0.717) is 18.5 Å². The lowest BCUT2D eigenvalue weighted by Gasteiger charge is -2.39. The van der Waals surface area contributed by atoms with Gasteiger partial charge in [-0.15, -0.1) is 0 Å². The number of hydrogen-bond donors (Lipinski definition) is 0. The first-order valence-electron chi connectivity index (χ1n) is 18.1.